The normalized spacial score (nSPS) is 11.5. The monoisotopic (exact) mass is 235 g/mol. The van der Waals surface area contributed by atoms with Gasteiger partial charge in [0.25, 0.3) is 5.92 Å². The smallest absolute Gasteiger partial charge is 0.278 e. The van der Waals surface area contributed by atoms with E-state index in [1.54, 1.807) is 18.2 Å². The first kappa shape index (κ1) is 12.2. The van der Waals surface area contributed by atoms with Gasteiger partial charge >= 0.3 is 0 Å². The van der Waals surface area contributed by atoms with E-state index in [-0.39, 0.29) is 5.75 Å². The molecule has 0 saturated heterocycles. The summed E-state index contributed by atoms with van der Waals surface area (Å²) in [7, 11) is 0. The highest BCUT2D eigenvalue weighted by Crippen LogP contribution is 2.26. The minimum Gasteiger partial charge on any atom is -0.486 e. The Morgan fingerprint density at radius 3 is 2.67 bits per heavy atom. The largest absolute Gasteiger partial charge is 0.486 e. The van der Waals surface area contributed by atoms with Gasteiger partial charge in [-0.25, -0.2) is 8.78 Å². The topological polar surface area (TPSA) is 35.2 Å². The van der Waals surface area contributed by atoms with Crippen molar-refractivity contribution in [3.05, 3.63) is 28.8 Å². The summed E-state index contributed by atoms with van der Waals surface area (Å²) in [5.74, 6) is -2.64. The predicted molar refractivity (Wildman–Crippen MR) is 55.5 cm³/mol. The molecule has 1 rings (SSSR count). The second-order valence-corrected chi connectivity index (χ2v) is 3.73. The lowest BCUT2D eigenvalue weighted by Gasteiger charge is -2.13. The summed E-state index contributed by atoms with van der Waals surface area (Å²) in [6.07, 6.45) is 0. The number of rotatable bonds is 4. The van der Waals surface area contributed by atoms with E-state index in [0.29, 0.717) is 11.6 Å². The third kappa shape index (κ3) is 4.01. The first-order valence-corrected chi connectivity index (χ1v) is 4.79. The van der Waals surface area contributed by atoms with Crippen LogP contribution >= 0.6 is 11.6 Å². The maximum Gasteiger partial charge on any atom is 0.278 e. The van der Waals surface area contributed by atoms with E-state index in [1.165, 1.54) is 0 Å². The molecule has 1 aromatic carbocycles. The highest BCUT2D eigenvalue weighted by atomic mass is 35.5. The van der Waals surface area contributed by atoms with Crippen LogP contribution in [0.15, 0.2) is 18.2 Å². The van der Waals surface area contributed by atoms with Crippen molar-refractivity contribution in [1.82, 2.24) is 0 Å². The lowest BCUT2D eigenvalue weighted by Crippen LogP contribution is -2.21. The molecule has 0 aromatic heterocycles. The minimum atomic E-state index is -2.87. The minimum absolute atomic E-state index is 0.237. The Kier molecular flexibility index (Phi) is 3.88. The highest BCUT2D eigenvalue weighted by molar-refractivity contribution is 6.32. The van der Waals surface area contributed by atoms with Gasteiger partial charge in [-0.05, 0) is 17.7 Å². The molecular weight excluding hydrogens is 224 g/mol. The quantitative estimate of drug-likeness (QED) is 0.871. The maximum atomic E-state index is 12.5. The first-order chi connectivity index (χ1) is 6.92. The van der Waals surface area contributed by atoms with Crippen molar-refractivity contribution in [3.63, 3.8) is 0 Å². The summed E-state index contributed by atoms with van der Waals surface area (Å²) in [4.78, 5) is 0. The van der Waals surface area contributed by atoms with Gasteiger partial charge in [0.2, 0.25) is 0 Å². The summed E-state index contributed by atoms with van der Waals surface area (Å²) in [6, 6.07) is 4.86. The molecule has 0 amide bonds. The van der Waals surface area contributed by atoms with Crippen LogP contribution in [0.3, 0.4) is 0 Å². The molecule has 0 atom stereocenters. The molecule has 0 bridgehead atoms. The molecule has 0 saturated carbocycles. The zero-order valence-electron chi connectivity index (χ0n) is 8.27. The molecule has 1 aromatic rings. The van der Waals surface area contributed by atoms with Crippen molar-refractivity contribution < 1.29 is 13.5 Å². The van der Waals surface area contributed by atoms with Crippen LogP contribution in [0.1, 0.15) is 12.5 Å². The Labute approximate surface area is 92.0 Å². The third-order valence-electron chi connectivity index (χ3n) is 1.71. The molecule has 0 spiro atoms. The summed E-state index contributed by atoms with van der Waals surface area (Å²) >= 11 is 5.77. The number of halogens is 3. The van der Waals surface area contributed by atoms with Gasteiger partial charge < -0.3 is 10.5 Å². The van der Waals surface area contributed by atoms with Gasteiger partial charge in [-0.1, -0.05) is 17.7 Å². The molecule has 0 fully saturated rings. The maximum absolute atomic E-state index is 12.5. The molecule has 5 heteroatoms. The zero-order chi connectivity index (χ0) is 11.5. The summed E-state index contributed by atoms with van der Waals surface area (Å²) in [5.41, 5.74) is 6.19. The number of hydrogen-bond donors (Lipinski definition) is 1. The van der Waals surface area contributed by atoms with Crippen molar-refractivity contribution in [2.45, 2.75) is 19.4 Å². The number of hydrogen-bond acceptors (Lipinski definition) is 2. The molecular formula is C10H12ClF2NO. The molecule has 0 aliphatic carbocycles. The van der Waals surface area contributed by atoms with Crippen molar-refractivity contribution >= 4 is 11.6 Å². The summed E-state index contributed by atoms with van der Waals surface area (Å²) in [5, 5.41) is 0.302. The SMILES string of the molecule is CC(F)(F)COc1cc(CN)ccc1Cl. The van der Waals surface area contributed by atoms with Gasteiger partial charge in [-0.15, -0.1) is 0 Å². The third-order valence-corrected chi connectivity index (χ3v) is 2.02. The van der Waals surface area contributed by atoms with Crippen LogP contribution in [-0.4, -0.2) is 12.5 Å². The molecule has 2 nitrogen and oxygen atoms in total. The average molecular weight is 236 g/mol. The van der Waals surface area contributed by atoms with Gasteiger partial charge in [-0.2, -0.15) is 0 Å². The molecule has 0 unspecified atom stereocenters. The Bertz CT molecular complexity index is 339. The van der Waals surface area contributed by atoms with Gasteiger partial charge in [0.15, 0.2) is 6.61 Å². The molecule has 15 heavy (non-hydrogen) atoms. The van der Waals surface area contributed by atoms with E-state index in [2.05, 4.69) is 0 Å². The van der Waals surface area contributed by atoms with Crippen molar-refractivity contribution in [1.29, 1.82) is 0 Å². The summed E-state index contributed by atoms with van der Waals surface area (Å²) in [6.45, 7) is 0.407. The van der Waals surface area contributed by atoms with Crippen molar-refractivity contribution in [2.24, 2.45) is 5.73 Å². The van der Waals surface area contributed by atoms with E-state index in [0.717, 1.165) is 12.5 Å². The van der Waals surface area contributed by atoms with E-state index in [9.17, 15) is 8.78 Å². The Hall–Kier alpha value is -0.870. The van der Waals surface area contributed by atoms with Gasteiger partial charge in [0.1, 0.15) is 5.75 Å². The Morgan fingerprint density at radius 1 is 1.47 bits per heavy atom. The average Bonchev–Trinajstić information content (AvgIpc) is 2.15. The van der Waals surface area contributed by atoms with Crippen LogP contribution in [-0.2, 0) is 6.54 Å². The molecule has 2 N–H and O–H groups in total. The summed E-state index contributed by atoms with van der Waals surface area (Å²) < 4.78 is 30.0. The van der Waals surface area contributed by atoms with E-state index in [4.69, 9.17) is 22.1 Å². The van der Waals surface area contributed by atoms with Crippen molar-refractivity contribution in [2.75, 3.05) is 6.61 Å². The van der Waals surface area contributed by atoms with Crippen LogP contribution in [0.4, 0.5) is 8.78 Å². The number of benzene rings is 1. The van der Waals surface area contributed by atoms with Gasteiger partial charge in [0.05, 0.1) is 5.02 Å². The number of alkyl halides is 2. The Balaban J connectivity index is 2.75. The molecule has 0 radical (unpaired) electrons. The van der Waals surface area contributed by atoms with Gasteiger partial charge in [-0.3, -0.25) is 0 Å². The molecule has 0 aliphatic rings. The van der Waals surface area contributed by atoms with E-state index < -0.39 is 12.5 Å². The highest BCUT2D eigenvalue weighted by Gasteiger charge is 2.22. The van der Waals surface area contributed by atoms with Gasteiger partial charge in [0, 0.05) is 13.5 Å². The van der Waals surface area contributed by atoms with Crippen LogP contribution in [0.2, 0.25) is 5.02 Å². The number of ether oxygens (including phenoxy) is 1. The van der Waals surface area contributed by atoms with E-state index >= 15 is 0 Å². The van der Waals surface area contributed by atoms with E-state index in [1.807, 2.05) is 0 Å². The predicted octanol–water partition coefficient (Wildman–Crippen LogP) is 2.83. The standard InChI is InChI=1S/C10H12ClF2NO/c1-10(12,13)6-15-9-4-7(5-14)2-3-8(9)11/h2-4H,5-6,14H2,1H3. The molecule has 0 aliphatic heterocycles. The number of nitrogens with two attached hydrogens (primary N) is 1. The first-order valence-electron chi connectivity index (χ1n) is 4.41. The zero-order valence-corrected chi connectivity index (χ0v) is 9.02. The second kappa shape index (κ2) is 4.77. The lowest BCUT2D eigenvalue weighted by molar-refractivity contribution is -0.0229. The van der Waals surface area contributed by atoms with Crippen LogP contribution in [0.25, 0.3) is 0 Å². The van der Waals surface area contributed by atoms with Crippen molar-refractivity contribution in [3.8, 4) is 5.75 Å². The molecule has 84 valence electrons. The Morgan fingerprint density at radius 2 is 2.13 bits per heavy atom. The molecule has 0 heterocycles. The lowest BCUT2D eigenvalue weighted by atomic mass is 10.2. The fourth-order valence-electron chi connectivity index (χ4n) is 0.990. The fraction of sp³-hybridized carbons (Fsp3) is 0.400. The van der Waals surface area contributed by atoms with Crippen LogP contribution in [0.5, 0.6) is 5.75 Å². The van der Waals surface area contributed by atoms with Crippen LogP contribution in [0, 0.1) is 0 Å². The fourth-order valence-corrected chi connectivity index (χ4v) is 1.16. The van der Waals surface area contributed by atoms with Crippen LogP contribution < -0.4 is 10.5 Å². The second-order valence-electron chi connectivity index (χ2n) is 3.33.